The van der Waals surface area contributed by atoms with Crippen LogP contribution in [0.5, 0.6) is 5.75 Å². The van der Waals surface area contributed by atoms with Crippen LogP contribution in [0.3, 0.4) is 0 Å². The molecule has 1 aromatic carbocycles. The lowest BCUT2D eigenvalue weighted by atomic mass is 10.1. The van der Waals surface area contributed by atoms with Gasteiger partial charge in [0.05, 0.1) is 6.61 Å². The van der Waals surface area contributed by atoms with Gasteiger partial charge in [-0.3, -0.25) is 4.99 Å². The lowest BCUT2D eigenvalue weighted by Gasteiger charge is -2.37. The normalized spacial score (nSPS) is 17.1. The zero-order valence-electron chi connectivity index (χ0n) is 15.9. The summed E-state index contributed by atoms with van der Waals surface area (Å²) < 4.78 is 24.8. The molecule has 2 aromatic rings. The minimum atomic E-state index is -0.288. The zero-order valence-corrected chi connectivity index (χ0v) is 15.9. The van der Waals surface area contributed by atoms with Gasteiger partial charge >= 0.3 is 0 Å². The summed E-state index contributed by atoms with van der Waals surface area (Å²) in [6.45, 7) is 4.40. The third-order valence-electron chi connectivity index (χ3n) is 4.95. The first kappa shape index (κ1) is 18.5. The van der Waals surface area contributed by atoms with Gasteiger partial charge in [-0.25, -0.2) is 9.37 Å². The molecule has 3 heterocycles. The number of hydrogen-bond acceptors (Lipinski definition) is 5. The van der Waals surface area contributed by atoms with E-state index >= 15 is 0 Å². The van der Waals surface area contributed by atoms with Gasteiger partial charge in [-0.15, -0.1) is 0 Å². The number of rotatable bonds is 3. The van der Waals surface area contributed by atoms with E-state index < -0.39 is 0 Å². The van der Waals surface area contributed by atoms with E-state index in [0.717, 1.165) is 49.1 Å². The first-order valence-corrected chi connectivity index (χ1v) is 9.38. The molecule has 1 N–H and O–H groups in total. The SMILES string of the molecule is CN=C(NCc1cc(F)cc2c1OCOC2)N1CCN(c2ccccn2)CC1. The second-order valence-corrected chi connectivity index (χ2v) is 6.73. The highest BCUT2D eigenvalue weighted by Crippen LogP contribution is 2.29. The Labute approximate surface area is 163 Å². The smallest absolute Gasteiger partial charge is 0.194 e. The number of benzene rings is 1. The first-order chi connectivity index (χ1) is 13.7. The lowest BCUT2D eigenvalue weighted by Crippen LogP contribution is -2.52. The molecule has 1 fully saturated rings. The Kier molecular flexibility index (Phi) is 5.57. The summed E-state index contributed by atoms with van der Waals surface area (Å²) in [4.78, 5) is 13.3. The molecule has 0 radical (unpaired) electrons. The third kappa shape index (κ3) is 4.01. The molecule has 4 rings (SSSR count). The van der Waals surface area contributed by atoms with Crippen LogP contribution in [0, 0.1) is 5.82 Å². The zero-order chi connectivity index (χ0) is 19.3. The number of aliphatic imine (C=N–C) groups is 1. The molecule has 0 aliphatic carbocycles. The topological polar surface area (TPSA) is 62.2 Å². The van der Waals surface area contributed by atoms with Crippen LogP contribution in [0.4, 0.5) is 10.2 Å². The van der Waals surface area contributed by atoms with Crippen LogP contribution in [-0.2, 0) is 17.9 Å². The number of anilines is 1. The Morgan fingerprint density at radius 1 is 1.25 bits per heavy atom. The second kappa shape index (κ2) is 8.43. The molecule has 7 nitrogen and oxygen atoms in total. The van der Waals surface area contributed by atoms with E-state index in [9.17, 15) is 4.39 Å². The number of aromatic nitrogens is 1. The van der Waals surface area contributed by atoms with Crippen LogP contribution >= 0.6 is 0 Å². The molecule has 0 amide bonds. The summed E-state index contributed by atoms with van der Waals surface area (Å²) in [6, 6.07) is 8.92. The number of halogens is 1. The molecule has 28 heavy (non-hydrogen) atoms. The number of nitrogens with one attached hydrogen (secondary N) is 1. The Hall–Kier alpha value is -2.87. The number of pyridine rings is 1. The van der Waals surface area contributed by atoms with Gasteiger partial charge in [0.1, 0.15) is 17.4 Å². The van der Waals surface area contributed by atoms with Crippen molar-refractivity contribution in [1.29, 1.82) is 0 Å². The van der Waals surface area contributed by atoms with E-state index in [1.165, 1.54) is 12.1 Å². The minimum Gasteiger partial charge on any atom is -0.467 e. The van der Waals surface area contributed by atoms with Crippen molar-refractivity contribution in [2.45, 2.75) is 13.2 Å². The molecule has 2 aliphatic rings. The molecule has 2 aliphatic heterocycles. The van der Waals surface area contributed by atoms with Gasteiger partial charge < -0.3 is 24.6 Å². The van der Waals surface area contributed by atoms with Crippen LogP contribution in [0.25, 0.3) is 0 Å². The number of hydrogen-bond donors (Lipinski definition) is 1. The van der Waals surface area contributed by atoms with E-state index in [1.807, 2.05) is 24.4 Å². The number of guanidine groups is 1. The molecule has 0 bridgehead atoms. The summed E-state index contributed by atoms with van der Waals surface area (Å²) >= 11 is 0. The van der Waals surface area contributed by atoms with Gasteiger partial charge in [0.15, 0.2) is 12.8 Å². The first-order valence-electron chi connectivity index (χ1n) is 9.38. The number of nitrogens with zero attached hydrogens (tertiary/aromatic N) is 4. The molecule has 0 saturated carbocycles. The Morgan fingerprint density at radius 3 is 2.86 bits per heavy atom. The molecular weight excluding hydrogens is 361 g/mol. The van der Waals surface area contributed by atoms with Crippen molar-refractivity contribution >= 4 is 11.8 Å². The maximum Gasteiger partial charge on any atom is 0.194 e. The third-order valence-corrected chi connectivity index (χ3v) is 4.95. The van der Waals surface area contributed by atoms with Crippen molar-refractivity contribution < 1.29 is 13.9 Å². The van der Waals surface area contributed by atoms with Gasteiger partial charge in [-0.2, -0.15) is 0 Å². The molecule has 0 atom stereocenters. The maximum absolute atomic E-state index is 13.9. The molecule has 8 heteroatoms. The minimum absolute atomic E-state index is 0.190. The highest BCUT2D eigenvalue weighted by atomic mass is 19.1. The molecule has 0 unspecified atom stereocenters. The number of piperazine rings is 1. The second-order valence-electron chi connectivity index (χ2n) is 6.73. The lowest BCUT2D eigenvalue weighted by molar-refractivity contribution is -0.0173. The van der Waals surface area contributed by atoms with Crippen LogP contribution in [0.1, 0.15) is 11.1 Å². The Balaban J connectivity index is 1.38. The quantitative estimate of drug-likeness (QED) is 0.644. The monoisotopic (exact) mass is 385 g/mol. The van der Waals surface area contributed by atoms with E-state index in [4.69, 9.17) is 9.47 Å². The van der Waals surface area contributed by atoms with Crippen molar-refractivity contribution in [2.24, 2.45) is 4.99 Å². The summed E-state index contributed by atoms with van der Waals surface area (Å²) in [7, 11) is 1.76. The van der Waals surface area contributed by atoms with Crippen molar-refractivity contribution in [1.82, 2.24) is 15.2 Å². The maximum atomic E-state index is 13.9. The highest BCUT2D eigenvalue weighted by molar-refractivity contribution is 5.80. The molecule has 0 spiro atoms. The van der Waals surface area contributed by atoms with Crippen molar-refractivity contribution in [2.75, 3.05) is 44.9 Å². The molecular formula is C20H24FN5O2. The summed E-state index contributed by atoms with van der Waals surface area (Å²) in [5.41, 5.74) is 1.51. The summed E-state index contributed by atoms with van der Waals surface area (Å²) in [5.74, 6) is 2.21. The molecule has 1 saturated heterocycles. The fraction of sp³-hybridized carbons (Fsp3) is 0.400. The number of ether oxygens (including phenoxy) is 2. The Bertz CT molecular complexity index is 838. The van der Waals surface area contributed by atoms with Crippen LogP contribution in [0.15, 0.2) is 41.5 Å². The fourth-order valence-electron chi connectivity index (χ4n) is 3.58. The summed E-state index contributed by atoms with van der Waals surface area (Å²) in [6.07, 6.45) is 1.81. The predicted molar refractivity (Wildman–Crippen MR) is 105 cm³/mol. The average Bonchev–Trinajstić information content (AvgIpc) is 2.75. The largest absolute Gasteiger partial charge is 0.467 e. The van der Waals surface area contributed by atoms with Crippen LogP contribution in [-0.4, -0.2) is 55.9 Å². The van der Waals surface area contributed by atoms with Crippen molar-refractivity contribution in [3.8, 4) is 5.75 Å². The van der Waals surface area contributed by atoms with Gasteiger partial charge in [0, 0.05) is 57.1 Å². The van der Waals surface area contributed by atoms with Crippen molar-refractivity contribution in [3.05, 3.63) is 53.5 Å². The van der Waals surface area contributed by atoms with E-state index in [2.05, 4.69) is 25.1 Å². The van der Waals surface area contributed by atoms with E-state index in [0.29, 0.717) is 18.9 Å². The molecule has 148 valence electrons. The fourth-order valence-corrected chi connectivity index (χ4v) is 3.58. The van der Waals surface area contributed by atoms with Crippen molar-refractivity contribution in [3.63, 3.8) is 0 Å². The van der Waals surface area contributed by atoms with E-state index in [-0.39, 0.29) is 12.6 Å². The Morgan fingerprint density at radius 2 is 2.11 bits per heavy atom. The summed E-state index contributed by atoms with van der Waals surface area (Å²) in [5, 5.41) is 3.34. The highest BCUT2D eigenvalue weighted by Gasteiger charge is 2.21. The average molecular weight is 385 g/mol. The van der Waals surface area contributed by atoms with Gasteiger partial charge in [0.2, 0.25) is 0 Å². The number of fused-ring (bicyclic) bond motifs is 1. The van der Waals surface area contributed by atoms with Gasteiger partial charge in [-0.1, -0.05) is 6.07 Å². The van der Waals surface area contributed by atoms with E-state index in [1.54, 1.807) is 7.05 Å². The van der Waals surface area contributed by atoms with Crippen LogP contribution in [0.2, 0.25) is 0 Å². The predicted octanol–water partition coefficient (Wildman–Crippen LogP) is 1.98. The molecule has 1 aromatic heterocycles. The van der Waals surface area contributed by atoms with Gasteiger partial charge in [-0.05, 0) is 24.3 Å². The van der Waals surface area contributed by atoms with Crippen LogP contribution < -0.4 is 15.0 Å². The standard InChI is InChI=1S/C20H24FN5O2/c1-22-20(26-8-6-25(7-9-26)18-4-2-3-5-23-18)24-12-15-10-17(21)11-16-13-27-14-28-19(15)16/h2-5,10-11H,6-9,12-14H2,1H3,(H,22,24). The van der Waals surface area contributed by atoms with Gasteiger partial charge in [0.25, 0.3) is 0 Å².